The predicted octanol–water partition coefficient (Wildman–Crippen LogP) is 2.10. The van der Waals surface area contributed by atoms with Crippen LogP contribution in [0, 0.1) is 0 Å². The Morgan fingerprint density at radius 2 is 1.90 bits per heavy atom. The normalized spacial score (nSPS) is 13.0. The molecule has 0 atom stereocenters. The lowest BCUT2D eigenvalue weighted by Gasteiger charge is -2.10. The van der Waals surface area contributed by atoms with Crippen LogP contribution in [-0.2, 0) is 9.59 Å². The highest BCUT2D eigenvalue weighted by atomic mass is 16.5. The number of benzene rings is 2. The number of hydrogen-bond donors (Lipinski definition) is 3. The molecule has 1 aliphatic rings. The molecule has 0 aromatic heterocycles. The van der Waals surface area contributed by atoms with Gasteiger partial charge in [0.2, 0.25) is 5.91 Å². The van der Waals surface area contributed by atoms with Gasteiger partial charge in [0.05, 0.1) is 18.4 Å². The van der Waals surface area contributed by atoms with Gasteiger partial charge in [-0.2, -0.15) is 0 Å². The largest absolute Gasteiger partial charge is 0.493 e. The highest BCUT2D eigenvalue weighted by molar-refractivity contribution is 6.07. The number of nitrogens with one attached hydrogen (secondary N) is 2. The molecule has 8 heteroatoms. The molecule has 3 amide bonds. The Bertz CT molecular complexity index is 982. The van der Waals surface area contributed by atoms with Crippen LogP contribution in [0.25, 0.3) is 6.08 Å². The Kier molecular flexibility index (Phi) is 6.69. The number of ether oxygens (including phenoxy) is 2. The number of anilines is 1. The summed E-state index contributed by atoms with van der Waals surface area (Å²) in [6, 6.07) is 12.1. The van der Waals surface area contributed by atoms with Crippen molar-refractivity contribution in [1.82, 2.24) is 5.32 Å². The molecule has 8 nitrogen and oxygen atoms in total. The van der Waals surface area contributed by atoms with Crippen LogP contribution in [0.3, 0.4) is 0 Å². The topological polar surface area (TPSA) is 120 Å². The fourth-order valence-corrected chi connectivity index (χ4v) is 2.68. The van der Waals surface area contributed by atoms with Crippen LogP contribution in [0.5, 0.6) is 11.5 Å². The molecule has 2 aromatic rings. The molecule has 0 heterocycles. The Labute approximate surface area is 174 Å². The molecule has 1 aliphatic carbocycles. The molecule has 0 aliphatic heterocycles. The molecule has 4 N–H and O–H groups in total. The molecule has 1 fully saturated rings. The summed E-state index contributed by atoms with van der Waals surface area (Å²) in [6.07, 6.45) is 4.93. The van der Waals surface area contributed by atoms with E-state index in [1.54, 1.807) is 48.5 Å². The number of nitrogens with two attached hydrogens (primary N) is 1. The van der Waals surface area contributed by atoms with Gasteiger partial charge in [0.1, 0.15) is 0 Å². The zero-order valence-corrected chi connectivity index (χ0v) is 16.5. The molecule has 30 heavy (non-hydrogen) atoms. The second kappa shape index (κ2) is 9.60. The number of hydrogen-bond acceptors (Lipinski definition) is 5. The summed E-state index contributed by atoms with van der Waals surface area (Å²) < 4.78 is 10.5. The molecule has 1 saturated carbocycles. The summed E-state index contributed by atoms with van der Waals surface area (Å²) >= 11 is 0. The molecular weight excluding hydrogens is 386 g/mol. The average molecular weight is 409 g/mol. The predicted molar refractivity (Wildman–Crippen MR) is 112 cm³/mol. The van der Waals surface area contributed by atoms with Gasteiger partial charge in [0, 0.05) is 12.1 Å². The first-order valence-corrected chi connectivity index (χ1v) is 9.44. The van der Waals surface area contributed by atoms with E-state index < -0.39 is 5.91 Å². The van der Waals surface area contributed by atoms with Crippen molar-refractivity contribution >= 4 is 29.5 Å². The second-order valence-electron chi connectivity index (χ2n) is 6.78. The van der Waals surface area contributed by atoms with Gasteiger partial charge in [-0.05, 0) is 48.7 Å². The van der Waals surface area contributed by atoms with Gasteiger partial charge in [0.25, 0.3) is 11.8 Å². The molecule has 156 valence electrons. The van der Waals surface area contributed by atoms with E-state index >= 15 is 0 Å². The third kappa shape index (κ3) is 5.84. The van der Waals surface area contributed by atoms with Gasteiger partial charge < -0.3 is 25.8 Å². The summed E-state index contributed by atoms with van der Waals surface area (Å²) in [6.45, 7) is -0.262. The number of amides is 3. The molecular formula is C22H23N3O5. The smallest absolute Gasteiger partial charge is 0.255 e. The zero-order valence-electron chi connectivity index (χ0n) is 16.5. The lowest BCUT2D eigenvalue weighted by Crippen LogP contribution is -2.26. The van der Waals surface area contributed by atoms with E-state index in [1.165, 1.54) is 13.2 Å². The van der Waals surface area contributed by atoms with Crippen molar-refractivity contribution in [3.05, 3.63) is 59.7 Å². The summed E-state index contributed by atoms with van der Waals surface area (Å²) in [5, 5.41) is 5.65. The average Bonchev–Trinajstić information content (AvgIpc) is 3.55. The maximum absolute atomic E-state index is 12.4. The van der Waals surface area contributed by atoms with Crippen molar-refractivity contribution < 1.29 is 23.9 Å². The summed E-state index contributed by atoms with van der Waals surface area (Å²) in [4.78, 5) is 35.6. The fraction of sp³-hybridized carbons (Fsp3) is 0.227. The first kappa shape index (κ1) is 20.9. The monoisotopic (exact) mass is 409 g/mol. The highest BCUT2D eigenvalue weighted by Gasteiger charge is 2.24. The molecule has 0 unspecified atom stereocenters. The first-order valence-electron chi connectivity index (χ1n) is 9.44. The summed E-state index contributed by atoms with van der Waals surface area (Å²) in [7, 11) is 1.47. The number of carbonyl (C=O) groups is 3. The van der Waals surface area contributed by atoms with Crippen LogP contribution in [0.1, 0.15) is 28.8 Å². The number of primary amides is 1. The Balaban J connectivity index is 1.66. The fourth-order valence-electron chi connectivity index (χ4n) is 2.68. The van der Waals surface area contributed by atoms with Gasteiger partial charge in [-0.25, -0.2) is 0 Å². The van der Waals surface area contributed by atoms with Gasteiger partial charge in [-0.15, -0.1) is 0 Å². The quantitative estimate of drug-likeness (QED) is 0.548. The molecule has 0 saturated heterocycles. The van der Waals surface area contributed by atoms with Crippen LogP contribution in [0.2, 0.25) is 0 Å². The van der Waals surface area contributed by atoms with Crippen LogP contribution < -0.4 is 25.8 Å². The Morgan fingerprint density at radius 3 is 2.60 bits per heavy atom. The molecule has 2 aromatic carbocycles. The van der Waals surface area contributed by atoms with Crippen molar-refractivity contribution in [2.24, 2.45) is 5.73 Å². The van der Waals surface area contributed by atoms with E-state index in [2.05, 4.69) is 10.6 Å². The lowest BCUT2D eigenvalue weighted by molar-refractivity contribution is -0.120. The van der Waals surface area contributed by atoms with E-state index in [0.29, 0.717) is 28.3 Å². The SMILES string of the molecule is COc1cc(/C=C/C(=O)Nc2ccccc2C(=O)NC2CC2)ccc1OCC(N)=O. The number of methoxy groups -OCH3 is 1. The second-order valence-corrected chi connectivity index (χ2v) is 6.78. The van der Waals surface area contributed by atoms with E-state index in [0.717, 1.165) is 12.8 Å². The van der Waals surface area contributed by atoms with Crippen molar-refractivity contribution in [2.75, 3.05) is 19.0 Å². The minimum atomic E-state index is -0.594. The molecule has 0 spiro atoms. The third-order valence-corrected chi connectivity index (χ3v) is 4.33. The first-order chi connectivity index (χ1) is 14.5. The molecule has 3 rings (SSSR count). The minimum absolute atomic E-state index is 0.200. The number of para-hydroxylation sites is 1. The zero-order chi connectivity index (χ0) is 21.5. The number of rotatable bonds is 9. The van der Waals surface area contributed by atoms with Crippen LogP contribution in [0.4, 0.5) is 5.69 Å². The van der Waals surface area contributed by atoms with Crippen molar-refractivity contribution in [3.8, 4) is 11.5 Å². The van der Waals surface area contributed by atoms with E-state index in [-0.39, 0.29) is 24.5 Å². The summed E-state index contributed by atoms with van der Waals surface area (Å²) in [5.74, 6) is -0.401. The maximum atomic E-state index is 12.4. The van der Waals surface area contributed by atoms with Crippen molar-refractivity contribution in [3.63, 3.8) is 0 Å². The standard InChI is InChI=1S/C22H23N3O5/c1-29-19-12-14(6-10-18(19)30-13-20(23)26)7-11-21(27)25-17-5-3-2-4-16(17)22(28)24-15-8-9-15/h2-7,10-12,15H,8-9,13H2,1H3,(H2,23,26)(H,24,28)(H,25,27)/b11-7+. The van der Waals surface area contributed by atoms with Crippen LogP contribution in [0.15, 0.2) is 48.5 Å². The Morgan fingerprint density at radius 1 is 1.13 bits per heavy atom. The third-order valence-electron chi connectivity index (χ3n) is 4.33. The minimum Gasteiger partial charge on any atom is -0.493 e. The van der Waals surface area contributed by atoms with Gasteiger partial charge >= 0.3 is 0 Å². The number of carbonyl (C=O) groups excluding carboxylic acids is 3. The maximum Gasteiger partial charge on any atom is 0.255 e. The highest BCUT2D eigenvalue weighted by Crippen LogP contribution is 2.28. The van der Waals surface area contributed by atoms with Crippen LogP contribution >= 0.6 is 0 Å². The van der Waals surface area contributed by atoms with E-state index in [1.807, 2.05) is 0 Å². The van der Waals surface area contributed by atoms with Crippen molar-refractivity contribution in [1.29, 1.82) is 0 Å². The lowest BCUT2D eigenvalue weighted by atomic mass is 10.1. The van der Waals surface area contributed by atoms with E-state index in [9.17, 15) is 14.4 Å². The van der Waals surface area contributed by atoms with Gasteiger partial charge in [-0.1, -0.05) is 18.2 Å². The van der Waals surface area contributed by atoms with Crippen LogP contribution in [-0.4, -0.2) is 37.5 Å². The molecule has 0 bridgehead atoms. The molecule has 0 radical (unpaired) electrons. The Hall–Kier alpha value is -3.81. The van der Waals surface area contributed by atoms with E-state index in [4.69, 9.17) is 15.2 Å². The van der Waals surface area contributed by atoms with Gasteiger partial charge in [-0.3, -0.25) is 14.4 Å². The summed E-state index contributed by atoms with van der Waals surface area (Å²) in [5.41, 5.74) is 6.63. The van der Waals surface area contributed by atoms with Crippen molar-refractivity contribution in [2.45, 2.75) is 18.9 Å². The van der Waals surface area contributed by atoms with Gasteiger partial charge in [0.15, 0.2) is 18.1 Å².